The van der Waals surface area contributed by atoms with Gasteiger partial charge in [-0.05, 0) is 70.9 Å². The van der Waals surface area contributed by atoms with Gasteiger partial charge in [0.05, 0.1) is 12.1 Å². The third-order valence-corrected chi connectivity index (χ3v) is 8.13. The molecule has 0 radical (unpaired) electrons. The first-order chi connectivity index (χ1) is 20.5. The van der Waals surface area contributed by atoms with Crippen molar-refractivity contribution >= 4 is 34.4 Å². The van der Waals surface area contributed by atoms with Gasteiger partial charge in [-0.3, -0.25) is 14.6 Å². The van der Waals surface area contributed by atoms with Crippen LogP contribution in [-0.4, -0.2) is 100 Å². The van der Waals surface area contributed by atoms with Crippen LogP contribution in [0.1, 0.15) is 45.7 Å². The van der Waals surface area contributed by atoms with Gasteiger partial charge in [0, 0.05) is 69.0 Å². The predicted octanol–water partition coefficient (Wildman–Crippen LogP) is 4.53. The Labute approximate surface area is 255 Å². The number of carbonyl (C=O) groups is 2. The van der Waals surface area contributed by atoms with Crippen molar-refractivity contribution < 1.29 is 14.3 Å². The normalized spacial score (nSPS) is 20.3. The van der Waals surface area contributed by atoms with Crippen LogP contribution in [0.5, 0.6) is 0 Å². The summed E-state index contributed by atoms with van der Waals surface area (Å²) >= 11 is 0. The Morgan fingerprint density at radius 3 is 2.35 bits per heavy atom. The Bertz CT molecular complexity index is 1430. The summed E-state index contributed by atoms with van der Waals surface area (Å²) in [7, 11) is 0. The molecule has 43 heavy (non-hydrogen) atoms. The van der Waals surface area contributed by atoms with E-state index in [-0.39, 0.29) is 24.1 Å². The zero-order valence-electron chi connectivity index (χ0n) is 26.3. The highest BCUT2D eigenvalue weighted by atomic mass is 16.6. The molecular weight excluding hydrogens is 542 g/mol. The van der Waals surface area contributed by atoms with Gasteiger partial charge in [0.15, 0.2) is 0 Å². The van der Waals surface area contributed by atoms with Crippen LogP contribution < -0.4 is 10.2 Å². The molecule has 2 aromatic carbocycles. The molecule has 0 spiro atoms. The van der Waals surface area contributed by atoms with Gasteiger partial charge in [0.1, 0.15) is 17.7 Å². The molecule has 230 valence electrons. The Morgan fingerprint density at radius 1 is 0.953 bits per heavy atom. The number of nitrogens with zero attached hydrogens (tertiary/aromatic N) is 6. The molecule has 5 rings (SSSR count). The second kappa shape index (κ2) is 12.9. The number of nitrogens with one attached hydrogen (secondary N) is 1. The highest BCUT2D eigenvalue weighted by molar-refractivity contribution is 5.93. The number of aryl methyl sites for hydroxylation is 1. The maximum absolute atomic E-state index is 13.2. The molecule has 2 atom stereocenters. The Balaban J connectivity index is 1.15. The van der Waals surface area contributed by atoms with Crippen LogP contribution in [0, 0.1) is 6.92 Å². The van der Waals surface area contributed by atoms with Crippen molar-refractivity contribution in [2.24, 2.45) is 0 Å². The van der Waals surface area contributed by atoms with Crippen molar-refractivity contribution in [2.45, 2.75) is 65.8 Å². The van der Waals surface area contributed by atoms with E-state index in [4.69, 9.17) is 4.74 Å². The van der Waals surface area contributed by atoms with Crippen LogP contribution in [0.15, 0.2) is 48.8 Å². The van der Waals surface area contributed by atoms with E-state index >= 15 is 0 Å². The molecule has 3 aromatic rings. The number of ether oxygens (including phenoxy) is 1. The summed E-state index contributed by atoms with van der Waals surface area (Å²) in [5.41, 5.74) is 3.47. The Hall–Kier alpha value is -3.76. The van der Waals surface area contributed by atoms with Crippen LogP contribution in [0.4, 0.5) is 16.3 Å². The first-order valence-corrected chi connectivity index (χ1v) is 15.3. The van der Waals surface area contributed by atoms with E-state index in [1.54, 1.807) is 11.2 Å². The molecule has 1 aromatic heterocycles. The maximum Gasteiger partial charge on any atom is 0.410 e. The molecule has 0 saturated carbocycles. The molecule has 2 unspecified atom stereocenters. The number of para-hydroxylation sites is 1. The van der Waals surface area contributed by atoms with Gasteiger partial charge in [0.2, 0.25) is 5.91 Å². The van der Waals surface area contributed by atoms with Crippen LogP contribution in [0.2, 0.25) is 0 Å². The van der Waals surface area contributed by atoms with Crippen LogP contribution in [0.3, 0.4) is 0 Å². The van der Waals surface area contributed by atoms with Gasteiger partial charge in [-0.1, -0.05) is 24.3 Å². The maximum atomic E-state index is 13.2. The molecular formula is C33H45N7O3. The van der Waals surface area contributed by atoms with Crippen LogP contribution in [0.25, 0.3) is 10.9 Å². The van der Waals surface area contributed by atoms with Crippen molar-refractivity contribution in [1.82, 2.24) is 24.7 Å². The molecule has 10 heteroatoms. The van der Waals surface area contributed by atoms with Gasteiger partial charge < -0.3 is 19.9 Å². The zero-order chi connectivity index (χ0) is 30.7. The average molecular weight is 588 g/mol. The fourth-order valence-electron chi connectivity index (χ4n) is 6.14. The zero-order valence-corrected chi connectivity index (χ0v) is 26.3. The number of piperazine rings is 2. The number of rotatable bonds is 6. The molecule has 2 fully saturated rings. The number of anilines is 2. The van der Waals surface area contributed by atoms with E-state index in [9.17, 15) is 9.59 Å². The quantitative estimate of drug-likeness (QED) is 0.450. The standard InChI is InChI=1S/C33H45N7O3/c1-23-11-12-26(20-37-13-15-39(16-14-37)32(42)43-33(4,5)6)17-29(23)36-30(41)21-38-18-24(2)40(25(3)19-38)31-27-9-7-8-10-28(27)34-22-35-31/h7-12,17,22,24-25H,13-16,18-21H2,1-6H3,(H,36,41). The molecule has 10 nitrogen and oxygen atoms in total. The number of carbonyl (C=O) groups excluding carboxylic acids is 2. The lowest BCUT2D eigenvalue weighted by Crippen LogP contribution is -2.58. The minimum atomic E-state index is -0.491. The summed E-state index contributed by atoms with van der Waals surface area (Å²) in [6, 6.07) is 14.7. The number of aromatic nitrogens is 2. The first-order valence-electron chi connectivity index (χ1n) is 15.3. The first kappa shape index (κ1) is 30.7. The smallest absolute Gasteiger partial charge is 0.410 e. The minimum absolute atomic E-state index is 0.00781. The van der Waals surface area contributed by atoms with E-state index in [1.807, 2.05) is 45.9 Å². The fourth-order valence-corrected chi connectivity index (χ4v) is 6.14. The SMILES string of the molecule is Cc1ccc(CN2CCN(C(=O)OC(C)(C)C)CC2)cc1NC(=O)CN1CC(C)N(c2ncnc3ccccc23)C(C)C1. The Morgan fingerprint density at radius 2 is 1.65 bits per heavy atom. The van der Waals surface area contributed by atoms with Gasteiger partial charge in [-0.15, -0.1) is 0 Å². The molecule has 3 heterocycles. The molecule has 1 N–H and O–H groups in total. The van der Waals surface area contributed by atoms with Gasteiger partial charge in [-0.25, -0.2) is 14.8 Å². The van der Waals surface area contributed by atoms with E-state index in [0.29, 0.717) is 19.6 Å². The highest BCUT2D eigenvalue weighted by Crippen LogP contribution is 2.29. The number of hydrogen-bond donors (Lipinski definition) is 1. The van der Waals surface area contributed by atoms with Crippen molar-refractivity contribution in [1.29, 1.82) is 0 Å². The second-order valence-electron chi connectivity index (χ2n) is 13.0. The van der Waals surface area contributed by atoms with Crippen LogP contribution >= 0.6 is 0 Å². The van der Waals surface area contributed by atoms with E-state index < -0.39 is 5.60 Å². The lowest BCUT2D eigenvalue weighted by Gasteiger charge is -2.45. The summed E-state index contributed by atoms with van der Waals surface area (Å²) in [6.45, 7) is 17.5. The van der Waals surface area contributed by atoms with E-state index in [0.717, 1.165) is 66.3 Å². The third kappa shape index (κ3) is 7.61. The summed E-state index contributed by atoms with van der Waals surface area (Å²) in [5, 5.41) is 4.22. The molecule has 0 aliphatic carbocycles. The van der Waals surface area contributed by atoms with Crippen molar-refractivity contribution in [3.63, 3.8) is 0 Å². The summed E-state index contributed by atoms with van der Waals surface area (Å²) in [4.78, 5) is 43.4. The summed E-state index contributed by atoms with van der Waals surface area (Å²) < 4.78 is 5.52. The number of hydrogen-bond acceptors (Lipinski definition) is 8. The predicted molar refractivity (Wildman–Crippen MR) is 170 cm³/mol. The minimum Gasteiger partial charge on any atom is -0.444 e. The van der Waals surface area contributed by atoms with Crippen molar-refractivity contribution in [3.05, 3.63) is 59.9 Å². The number of benzene rings is 2. The monoisotopic (exact) mass is 587 g/mol. The van der Waals surface area contributed by atoms with Gasteiger partial charge in [-0.2, -0.15) is 0 Å². The largest absolute Gasteiger partial charge is 0.444 e. The van der Waals surface area contributed by atoms with Crippen molar-refractivity contribution in [2.75, 3.05) is 56.0 Å². The lowest BCUT2D eigenvalue weighted by atomic mass is 10.1. The van der Waals surface area contributed by atoms with Gasteiger partial charge in [0.25, 0.3) is 0 Å². The third-order valence-electron chi connectivity index (χ3n) is 8.13. The molecule has 2 amide bonds. The highest BCUT2D eigenvalue weighted by Gasteiger charge is 2.32. The lowest BCUT2D eigenvalue weighted by molar-refractivity contribution is -0.117. The van der Waals surface area contributed by atoms with E-state index in [2.05, 4.69) is 68.1 Å². The van der Waals surface area contributed by atoms with Gasteiger partial charge >= 0.3 is 6.09 Å². The molecule has 2 aliphatic heterocycles. The molecule has 2 aliphatic rings. The van der Waals surface area contributed by atoms with E-state index in [1.165, 1.54) is 0 Å². The topological polar surface area (TPSA) is 94.1 Å². The van der Waals surface area contributed by atoms with Crippen LogP contribution in [-0.2, 0) is 16.1 Å². The molecule has 2 saturated heterocycles. The second-order valence-corrected chi connectivity index (χ2v) is 13.0. The average Bonchev–Trinajstić information content (AvgIpc) is 2.94. The Kier molecular flexibility index (Phi) is 9.17. The fraction of sp³-hybridized carbons (Fsp3) is 0.515. The number of amides is 2. The summed E-state index contributed by atoms with van der Waals surface area (Å²) in [5.74, 6) is 0.944. The molecule has 0 bridgehead atoms. The van der Waals surface area contributed by atoms with Crippen molar-refractivity contribution in [3.8, 4) is 0 Å². The summed E-state index contributed by atoms with van der Waals surface area (Å²) in [6.07, 6.45) is 1.39. The number of fused-ring (bicyclic) bond motifs is 1.